The molecule has 2 aliphatic rings. The molecule has 4 N–H and O–H groups in total. The second-order valence-electron chi connectivity index (χ2n) is 7.10. The minimum Gasteiger partial charge on any atom is -0.507 e. The van der Waals surface area contributed by atoms with E-state index in [0.29, 0.717) is 5.75 Å². The van der Waals surface area contributed by atoms with Crippen LogP contribution in [-0.2, 0) is 0 Å². The largest absolute Gasteiger partial charge is 0.507 e. The summed E-state index contributed by atoms with van der Waals surface area (Å²) in [6.45, 7) is 0.250. The second kappa shape index (κ2) is 7.46. The Balaban J connectivity index is 1.57. The zero-order valence-corrected chi connectivity index (χ0v) is 17.1. The number of para-hydroxylation sites is 1. The third-order valence-corrected chi connectivity index (χ3v) is 5.74. The molecule has 0 radical (unpaired) electrons. The molecule has 0 spiro atoms. The van der Waals surface area contributed by atoms with Gasteiger partial charge in [-0.2, -0.15) is 0 Å². The van der Waals surface area contributed by atoms with Crippen molar-refractivity contribution in [2.75, 3.05) is 6.79 Å². The maximum absolute atomic E-state index is 10.4. The molecule has 0 aliphatic carbocycles. The van der Waals surface area contributed by atoms with Gasteiger partial charge in [-0.25, -0.2) is 0 Å². The Morgan fingerprint density at radius 1 is 0.966 bits per heavy atom. The fraction of sp³-hybridized carbons (Fsp3) is 0.130. The monoisotopic (exact) mass is 451 g/mol. The van der Waals surface area contributed by atoms with Gasteiger partial charge in [-0.05, 0) is 42.5 Å². The lowest BCUT2D eigenvalue weighted by atomic mass is 9.97. The van der Waals surface area contributed by atoms with E-state index in [1.807, 2.05) is 48.5 Å². The first-order chi connectivity index (χ1) is 14.2. The van der Waals surface area contributed by atoms with E-state index >= 15 is 0 Å². The Labute approximate surface area is 177 Å². The zero-order chi connectivity index (χ0) is 19.8. The fourth-order valence-corrected chi connectivity index (χ4v) is 4.22. The van der Waals surface area contributed by atoms with Crippen LogP contribution in [0.25, 0.3) is 5.70 Å². The number of ether oxygens (including phenoxy) is 2. The van der Waals surface area contributed by atoms with Crippen molar-refractivity contribution < 1.29 is 19.9 Å². The van der Waals surface area contributed by atoms with E-state index in [9.17, 15) is 5.11 Å². The highest BCUT2D eigenvalue weighted by Crippen LogP contribution is 2.36. The molecular weight excluding hydrogens is 432 g/mol. The van der Waals surface area contributed by atoms with Gasteiger partial charge in [-0.15, -0.1) is 0 Å². The predicted molar refractivity (Wildman–Crippen MR) is 113 cm³/mol. The lowest BCUT2D eigenvalue weighted by Crippen LogP contribution is -2.89. The number of hydrogen-bond donors (Lipinski definition) is 3. The van der Waals surface area contributed by atoms with Gasteiger partial charge in [-0.1, -0.05) is 40.2 Å². The molecular formula is C23H20BrN2O3+. The molecule has 0 fully saturated rings. The first-order valence-electron chi connectivity index (χ1n) is 9.44. The van der Waals surface area contributed by atoms with Crippen molar-refractivity contribution in [3.05, 3.63) is 94.0 Å². The zero-order valence-electron chi connectivity index (χ0n) is 15.5. The molecule has 2 heterocycles. The van der Waals surface area contributed by atoms with Crippen LogP contribution in [0.5, 0.6) is 17.2 Å². The van der Waals surface area contributed by atoms with Gasteiger partial charge < -0.3 is 25.2 Å². The van der Waals surface area contributed by atoms with Crippen molar-refractivity contribution in [1.82, 2.24) is 5.32 Å². The molecule has 5 rings (SSSR count). The third kappa shape index (κ3) is 3.57. The van der Waals surface area contributed by atoms with Crippen molar-refractivity contribution >= 4 is 21.6 Å². The van der Waals surface area contributed by atoms with E-state index in [1.54, 1.807) is 6.07 Å². The number of halogens is 1. The number of rotatable bonds is 3. The van der Waals surface area contributed by atoms with E-state index in [-0.39, 0.29) is 19.0 Å². The minimum atomic E-state index is -0.0399. The molecule has 6 heteroatoms. The van der Waals surface area contributed by atoms with E-state index in [4.69, 9.17) is 9.47 Å². The lowest BCUT2D eigenvalue weighted by Gasteiger charge is -2.30. The number of phenolic OH excluding ortho intramolecular Hbond substituents is 1. The normalized spacial score (nSPS) is 20.1. The summed E-state index contributed by atoms with van der Waals surface area (Å²) in [5.74, 6) is 1.81. The van der Waals surface area contributed by atoms with Gasteiger partial charge in [0.25, 0.3) is 0 Å². The first-order valence-corrected chi connectivity index (χ1v) is 10.2. The smallest absolute Gasteiger partial charge is 0.231 e. The number of benzene rings is 3. The summed E-state index contributed by atoms with van der Waals surface area (Å²) in [7, 11) is 0. The Morgan fingerprint density at radius 2 is 1.83 bits per heavy atom. The summed E-state index contributed by atoms with van der Waals surface area (Å²) in [5, 5.41) is 16.3. The van der Waals surface area contributed by atoms with Gasteiger partial charge in [0.1, 0.15) is 11.8 Å². The molecule has 146 valence electrons. The summed E-state index contributed by atoms with van der Waals surface area (Å²) < 4.78 is 12.0. The summed E-state index contributed by atoms with van der Waals surface area (Å²) in [4.78, 5) is 0. The van der Waals surface area contributed by atoms with E-state index in [1.165, 1.54) is 0 Å². The van der Waals surface area contributed by atoms with E-state index in [2.05, 4.69) is 44.8 Å². The Hall–Kier alpha value is -2.96. The van der Waals surface area contributed by atoms with Crippen LogP contribution in [0.15, 0.2) is 77.3 Å². The number of aromatic hydroxyl groups is 1. The molecule has 2 aliphatic heterocycles. The van der Waals surface area contributed by atoms with Gasteiger partial charge in [0, 0.05) is 27.4 Å². The molecule has 29 heavy (non-hydrogen) atoms. The molecule has 0 bridgehead atoms. The van der Waals surface area contributed by atoms with Gasteiger partial charge in [0.05, 0.1) is 5.56 Å². The summed E-state index contributed by atoms with van der Waals surface area (Å²) in [5.41, 5.74) is 4.03. The Morgan fingerprint density at radius 3 is 2.69 bits per heavy atom. The second-order valence-corrected chi connectivity index (χ2v) is 8.02. The van der Waals surface area contributed by atoms with Crippen LogP contribution < -0.4 is 20.1 Å². The third-order valence-electron chi connectivity index (χ3n) is 5.24. The fourth-order valence-electron chi connectivity index (χ4n) is 3.81. The summed E-state index contributed by atoms with van der Waals surface area (Å²) in [6, 6.07) is 21.7. The SMILES string of the molecule is Oc1ccccc1C1C=C(c2ccc3c(c2)OCO3)NC(c2cccc(Br)c2)[NH2+]1. The first kappa shape index (κ1) is 18.1. The maximum atomic E-state index is 10.4. The molecule has 3 aromatic carbocycles. The van der Waals surface area contributed by atoms with Crippen molar-refractivity contribution in [2.24, 2.45) is 0 Å². The maximum Gasteiger partial charge on any atom is 0.231 e. The van der Waals surface area contributed by atoms with Crippen LogP contribution in [0.3, 0.4) is 0 Å². The Kier molecular flexibility index (Phi) is 4.66. The van der Waals surface area contributed by atoms with Crippen molar-refractivity contribution in [3.63, 3.8) is 0 Å². The van der Waals surface area contributed by atoms with Crippen LogP contribution in [0.2, 0.25) is 0 Å². The van der Waals surface area contributed by atoms with Crippen LogP contribution >= 0.6 is 15.9 Å². The van der Waals surface area contributed by atoms with Crippen molar-refractivity contribution in [3.8, 4) is 17.2 Å². The van der Waals surface area contributed by atoms with Crippen LogP contribution in [0.1, 0.15) is 28.9 Å². The highest BCUT2D eigenvalue weighted by atomic mass is 79.9. The van der Waals surface area contributed by atoms with Crippen LogP contribution in [0, 0.1) is 0 Å². The summed E-state index contributed by atoms with van der Waals surface area (Å²) >= 11 is 3.57. The van der Waals surface area contributed by atoms with Crippen molar-refractivity contribution in [2.45, 2.75) is 12.2 Å². The average Bonchev–Trinajstić information content (AvgIpc) is 3.22. The van der Waals surface area contributed by atoms with Gasteiger partial charge in [0.15, 0.2) is 17.7 Å². The molecule has 2 atom stereocenters. The van der Waals surface area contributed by atoms with Crippen LogP contribution in [0.4, 0.5) is 0 Å². The molecule has 5 nitrogen and oxygen atoms in total. The number of nitrogens with two attached hydrogens (primary N) is 1. The number of phenols is 1. The minimum absolute atomic E-state index is 0.0115. The Bertz CT molecular complexity index is 1100. The standard InChI is InChI=1S/C23H19BrN2O3/c24-16-5-3-4-15(10-16)23-25-18(14-8-9-21-22(11-14)29-13-28-21)12-19(26-23)17-6-1-2-7-20(17)27/h1-12,19,23,25-27H,13H2/p+1. The molecule has 0 saturated heterocycles. The molecule has 2 unspecified atom stereocenters. The van der Waals surface area contributed by atoms with E-state index < -0.39 is 0 Å². The molecule has 0 saturated carbocycles. The molecule has 3 aromatic rings. The number of nitrogens with one attached hydrogen (secondary N) is 1. The topological polar surface area (TPSA) is 67.3 Å². The highest BCUT2D eigenvalue weighted by Gasteiger charge is 2.30. The van der Waals surface area contributed by atoms with Gasteiger partial charge in [0.2, 0.25) is 6.79 Å². The summed E-state index contributed by atoms with van der Waals surface area (Å²) in [6.07, 6.45) is 2.13. The molecule has 0 amide bonds. The van der Waals surface area contributed by atoms with E-state index in [0.717, 1.165) is 38.4 Å². The van der Waals surface area contributed by atoms with Gasteiger partial charge in [-0.3, -0.25) is 0 Å². The number of fused-ring (bicyclic) bond motifs is 1. The highest BCUT2D eigenvalue weighted by molar-refractivity contribution is 9.10. The molecule has 0 aromatic heterocycles. The number of hydrogen-bond acceptors (Lipinski definition) is 4. The predicted octanol–water partition coefficient (Wildman–Crippen LogP) is 3.83. The van der Waals surface area contributed by atoms with Crippen molar-refractivity contribution in [1.29, 1.82) is 0 Å². The van der Waals surface area contributed by atoms with Crippen LogP contribution in [-0.4, -0.2) is 11.9 Å². The lowest BCUT2D eigenvalue weighted by molar-refractivity contribution is -0.731. The average molecular weight is 452 g/mol. The quantitative estimate of drug-likeness (QED) is 0.565. The van der Waals surface area contributed by atoms with Gasteiger partial charge >= 0.3 is 0 Å². The number of quaternary nitrogens is 1.